The van der Waals surface area contributed by atoms with Crippen molar-refractivity contribution < 1.29 is 9.53 Å². The topological polar surface area (TPSA) is 51.2 Å². The summed E-state index contributed by atoms with van der Waals surface area (Å²) < 4.78 is 5.80. The highest BCUT2D eigenvalue weighted by Crippen LogP contribution is 2.12. The second-order valence-corrected chi connectivity index (χ2v) is 4.99. The molecule has 0 unspecified atom stereocenters. The van der Waals surface area contributed by atoms with Gasteiger partial charge >= 0.3 is 6.09 Å². The minimum Gasteiger partial charge on any atom is -0.391 e. The van der Waals surface area contributed by atoms with E-state index in [1.54, 1.807) is 18.3 Å². The van der Waals surface area contributed by atoms with Gasteiger partial charge in [-0.2, -0.15) is 0 Å². The molecular formula is C10H13BrN2O2. The van der Waals surface area contributed by atoms with Crippen LogP contribution in [0.5, 0.6) is 5.88 Å². The van der Waals surface area contributed by atoms with Gasteiger partial charge in [-0.15, -0.1) is 0 Å². The lowest BCUT2D eigenvalue weighted by molar-refractivity contribution is 0.189. The summed E-state index contributed by atoms with van der Waals surface area (Å²) in [4.78, 5) is 15.2. The highest BCUT2D eigenvalue weighted by atomic mass is 79.9. The average molecular weight is 273 g/mol. The number of rotatable bonds is 1. The molecule has 1 amide bonds. The molecule has 0 aliphatic carbocycles. The highest BCUT2D eigenvalue weighted by Gasteiger charge is 2.15. The molecule has 1 aromatic rings. The lowest BCUT2D eigenvalue weighted by atomic mass is 10.1. The molecule has 0 saturated carbocycles. The van der Waals surface area contributed by atoms with E-state index in [0.717, 1.165) is 4.47 Å². The minimum atomic E-state index is -0.502. The number of ether oxygens (including phenoxy) is 1. The van der Waals surface area contributed by atoms with Gasteiger partial charge in [0.15, 0.2) is 0 Å². The van der Waals surface area contributed by atoms with Crippen LogP contribution in [0.25, 0.3) is 0 Å². The van der Waals surface area contributed by atoms with Crippen LogP contribution in [-0.4, -0.2) is 16.6 Å². The Morgan fingerprint density at radius 3 is 2.60 bits per heavy atom. The first-order valence-electron chi connectivity index (χ1n) is 4.48. The maximum atomic E-state index is 11.3. The van der Waals surface area contributed by atoms with E-state index < -0.39 is 6.09 Å². The molecule has 4 nitrogen and oxygen atoms in total. The second kappa shape index (κ2) is 4.61. The number of carbonyl (C=O) groups excluding carboxylic acids is 1. The molecule has 1 aromatic heterocycles. The predicted octanol–water partition coefficient (Wildman–Crippen LogP) is 2.73. The number of hydrogen-bond acceptors (Lipinski definition) is 3. The van der Waals surface area contributed by atoms with Crippen molar-refractivity contribution in [2.75, 3.05) is 0 Å². The maximum Gasteiger partial charge on any atom is 0.414 e. The van der Waals surface area contributed by atoms with Crippen molar-refractivity contribution >= 4 is 22.0 Å². The van der Waals surface area contributed by atoms with Crippen molar-refractivity contribution in [1.82, 2.24) is 10.3 Å². The van der Waals surface area contributed by atoms with Crippen LogP contribution in [0.4, 0.5) is 4.79 Å². The van der Waals surface area contributed by atoms with Gasteiger partial charge in [-0.25, -0.2) is 9.78 Å². The summed E-state index contributed by atoms with van der Waals surface area (Å²) in [5.41, 5.74) is -0.313. The second-order valence-electron chi connectivity index (χ2n) is 4.08. The zero-order chi connectivity index (χ0) is 11.5. The van der Waals surface area contributed by atoms with Gasteiger partial charge < -0.3 is 10.1 Å². The molecule has 1 heterocycles. The van der Waals surface area contributed by atoms with Crippen LogP contribution in [0.3, 0.4) is 0 Å². The van der Waals surface area contributed by atoms with Crippen LogP contribution in [0, 0.1) is 0 Å². The summed E-state index contributed by atoms with van der Waals surface area (Å²) in [6, 6.07) is 3.37. The lowest BCUT2D eigenvalue weighted by Crippen LogP contribution is -2.42. The first kappa shape index (κ1) is 12.0. The van der Waals surface area contributed by atoms with E-state index in [4.69, 9.17) is 4.74 Å². The fourth-order valence-corrected chi connectivity index (χ4v) is 1.08. The number of pyridine rings is 1. The summed E-state index contributed by atoms with van der Waals surface area (Å²) >= 11 is 3.24. The van der Waals surface area contributed by atoms with Gasteiger partial charge in [0.2, 0.25) is 5.88 Å². The lowest BCUT2D eigenvalue weighted by Gasteiger charge is -2.19. The number of amides is 1. The number of carbonyl (C=O) groups is 1. The minimum absolute atomic E-state index is 0.278. The Hall–Kier alpha value is -1.10. The van der Waals surface area contributed by atoms with Gasteiger partial charge in [0, 0.05) is 22.3 Å². The summed E-state index contributed by atoms with van der Waals surface area (Å²) in [7, 11) is 0. The van der Waals surface area contributed by atoms with E-state index in [0.29, 0.717) is 0 Å². The number of hydrogen-bond donors (Lipinski definition) is 1. The molecule has 1 N–H and O–H groups in total. The first-order chi connectivity index (χ1) is 6.87. The van der Waals surface area contributed by atoms with Gasteiger partial charge in [0.25, 0.3) is 0 Å². The monoisotopic (exact) mass is 272 g/mol. The number of halogens is 1. The van der Waals surface area contributed by atoms with Crippen LogP contribution in [-0.2, 0) is 0 Å². The average Bonchev–Trinajstić information content (AvgIpc) is 2.05. The van der Waals surface area contributed by atoms with Crippen molar-refractivity contribution in [1.29, 1.82) is 0 Å². The van der Waals surface area contributed by atoms with Gasteiger partial charge in [-0.05, 0) is 42.8 Å². The van der Waals surface area contributed by atoms with Crippen molar-refractivity contribution in [2.45, 2.75) is 26.3 Å². The molecule has 5 heteroatoms. The third kappa shape index (κ3) is 4.78. The molecule has 0 bridgehead atoms. The van der Waals surface area contributed by atoms with Gasteiger partial charge in [0.05, 0.1) is 0 Å². The number of nitrogens with one attached hydrogen (secondary N) is 1. The van der Waals surface area contributed by atoms with E-state index in [1.807, 2.05) is 20.8 Å². The normalized spacial score (nSPS) is 10.9. The molecule has 15 heavy (non-hydrogen) atoms. The van der Waals surface area contributed by atoms with E-state index >= 15 is 0 Å². The molecule has 0 radical (unpaired) electrons. The summed E-state index contributed by atoms with van der Waals surface area (Å²) in [6.45, 7) is 5.63. The molecule has 0 aliphatic heterocycles. The third-order valence-corrected chi connectivity index (χ3v) is 1.84. The van der Waals surface area contributed by atoms with Crippen LogP contribution in [0.1, 0.15) is 20.8 Å². The van der Waals surface area contributed by atoms with E-state index in [2.05, 4.69) is 26.2 Å². The van der Waals surface area contributed by atoms with Crippen LogP contribution >= 0.6 is 15.9 Å². The Balaban J connectivity index is 2.55. The van der Waals surface area contributed by atoms with Crippen LogP contribution in [0.15, 0.2) is 22.8 Å². The van der Waals surface area contributed by atoms with Gasteiger partial charge in [0.1, 0.15) is 0 Å². The third-order valence-electron chi connectivity index (χ3n) is 1.37. The Bertz CT molecular complexity index is 343. The number of nitrogens with zero attached hydrogens (tertiary/aromatic N) is 1. The van der Waals surface area contributed by atoms with E-state index in [9.17, 15) is 4.79 Å². The first-order valence-corrected chi connectivity index (χ1v) is 5.28. The maximum absolute atomic E-state index is 11.3. The molecule has 0 saturated heterocycles. The zero-order valence-electron chi connectivity index (χ0n) is 8.87. The van der Waals surface area contributed by atoms with Gasteiger partial charge in [-0.1, -0.05) is 0 Å². The van der Waals surface area contributed by atoms with Crippen LogP contribution < -0.4 is 10.1 Å². The Kier molecular flexibility index (Phi) is 3.68. The molecule has 1 rings (SSSR count). The molecule has 0 fully saturated rings. The highest BCUT2D eigenvalue weighted by molar-refractivity contribution is 9.10. The fourth-order valence-electron chi connectivity index (χ4n) is 0.849. The quantitative estimate of drug-likeness (QED) is 0.855. The molecule has 82 valence electrons. The predicted molar refractivity (Wildman–Crippen MR) is 60.8 cm³/mol. The summed E-state index contributed by atoms with van der Waals surface area (Å²) in [5, 5.41) is 2.67. The molecule has 0 aliphatic rings. The largest absolute Gasteiger partial charge is 0.414 e. The van der Waals surface area contributed by atoms with Crippen molar-refractivity contribution in [3.05, 3.63) is 22.8 Å². The molecule has 0 spiro atoms. The summed E-state index contributed by atoms with van der Waals surface area (Å²) in [5.74, 6) is 0.278. The van der Waals surface area contributed by atoms with E-state index in [-0.39, 0.29) is 11.4 Å². The number of aromatic nitrogens is 1. The Morgan fingerprint density at radius 1 is 1.47 bits per heavy atom. The summed E-state index contributed by atoms with van der Waals surface area (Å²) in [6.07, 6.45) is 1.07. The standard InChI is InChI=1S/C10H13BrN2O2/c1-10(2,3)13-9(14)15-8-5-4-7(11)6-12-8/h4-6H,1-3H3,(H,13,14). The van der Waals surface area contributed by atoms with Crippen LogP contribution in [0.2, 0.25) is 0 Å². The molecule has 0 atom stereocenters. The Morgan fingerprint density at radius 2 is 2.13 bits per heavy atom. The smallest absolute Gasteiger partial charge is 0.391 e. The van der Waals surface area contributed by atoms with Crippen molar-refractivity contribution in [2.24, 2.45) is 0 Å². The molecular weight excluding hydrogens is 260 g/mol. The van der Waals surface area contributed by atoms with Crippen molar-refractivity contribution in [3.63, 3.8) is 0 Å². The molecule has 0 aromatic carbocycles. The Labute approximate surface area is 97.2 Å². The zero-order valence-corrected chi connectivity index (χ0v) is 10.5. The fraction of sp³-hybridized carbons (Fsp3) is 0.400. The van der Waals surface area contributed by atoms with Crippen molar-refractivity contribution in [3.8, 4) is 5.88 Å². The van der Waals surface area contributed by atoms with Gasteiger partial charge in [-0.3, -0.25) is 0 Å². The SMILES string of the molecule is CC(C)(C)NC(=O)Oc1ccc(Br)cn1. The van der Waals surface area contributed by atoms with E-state index in [1.165, 1.54) is 0 Å².